The number of carbonyl (C=O) groups excluding carboxylic acids is 1. The second-order valence-electron chi connectivity index (χ2n) is 4.72. The normalized spacial score (nSPS) is 14.9. The predicted molar refractivity (Wildman–Crippen MR) is 86.6 cm³/mol. The number of para-hydroxylation sites is 1. The average Bonchev–Trinajstić information content (AvgIpc) is 3.14. The second-order valence-corrected chi connectivity index (χ2v) is 5.67. The molecule has 1 aliphatic heterocycles. The van der Waals surface area contributed by atoms with Crippen molar-refractivity contribution in [3.8, 4) is 10.6 Å². The first-order valence-corrected chi connectivity index (χ1v) is 7.51. The largest absolute Gasteiger partial charge is 0.320 e. The molecule has 0 radical (unpaired) electrons. The lowest BCUT2D eigenvalue weighted by molar-refractivity contribution is -0.110. The summed E-state index contributed by atoms with van der Waals surface area (Å²) >= 11 is 1.36. The number of carbonyl (C=O) groups is 1. The molecule has 106 valence electrons. The summed E-state index contributed by atoms with van der Waals surface area (Å²) in [4.78, 5) is 16.4. The van der Waals surface area contributed by atoms with Gasteiger partial charge in [-0.2, -0.15) is 0 Å². The first kappa shape index (κ1) is 12.8. The van der Waals surface area contributed by atoms with Crippen molar-refractivity contribution in [1.82, 2.24) is 10.2 Å². The van der Waals surface area contributed by atoms with Crippen LogP contribution in [-0.2, 0) is 4.79 Å². The van der Waals surface area contributed by atoms with Gasteiger partial charge in [0.2, 0.25) is 5.13 Å². The van der Waals surface area contributed by atoms with Crippen molar-refractivity contribution < 1.29 is 4.79 Å². The van der Waals surface area contributed by atoms with E-state index in [1.54, 1.807) is 0 Å². The van der Waals surface area contributed by atoms with Crippen LogP contribution in [0.4, 0.5) is 10.8 Å². The molecule has 3 aromatic rings. The predicted octanol–water partition coefficient (Wildman–Crippen LogP) is 3.28. The molecule has 2 heterocycles. The van der Waals surface area contributed by atoms with Crippen LogP contribution in [0.25, 0.3) is 10.6 Å². The van der Waals surface area contributed by atoms with Gasteiger partial charge in [0.1, 0.15) is 10.7 Å². The van der Waals surface area contributed by atoms with Gasteiger partial charge in [0, 0.05) is 11.1 Å². The number of rotatable bonds is 2. The fourth-order valence-corrected chi connectivity index (χ4v) is 2.99. The van der Waals surface area contributed by atoms with E-state index in [0.717, 1.165) is 21.8 Å². The summed E-state index contributed by atoms with van der Waals surface area (Å²) in [5.41, 5.74) is 2.94. The number of benzene rings is 2. The van der Waals surface area contributed by atoms with E-state index in [-0.39, 0.29) is 5.91 Å². The zero-order chi connectivity index (χ0) is 14.9. The Kier molecular flexibility index (Phi) is 3.01. The molecule has 0 bridgehead atoms. The van der Waals surface area contributed by atoms with E-state index in [9.17, 15) is 4.79 Å². The number of aromatic nitrogens is 2. The third-order valence-corrected chi connectivity index (χ3v) is 4.15. The highest BCUT2D eigenvalue weighted by Crippen LogP contribution is 2.30. The third kappa shape index (κ3) is 2.19. The number of hydrogen-bond donors (Lipinski definition) is 1. The summed E-state index contributed by atoms with van der Waals surface area (Å²) in [6, 6.07) is 17.3. The maximum atomic E-state index is 12.0. The van der Waals surface area contributed by atoms with Crippen LogP contribution >= 0.6 is 11.3 Å². The number of anilines is 1. The zero-order valence-electron chi connectivity index (χ0n) is 11.4. The maximum Gasteiger partial charge on any atom is 0.275 e. The highest BCUT2D eigenvalue weighted by atomic mass is 32.1. The summed E-state index contributed by atoms with van der Waals surface area (Å²) in [6.07, 6.45) is 0. The fourth-order valence-electron chi connectivity index (χ4n) is 2.27. The van der Waals surface area contributed by atoms with Crippen LogP contribution in [-0.4, -0.2) is 21.8 Å². The molecule has 0 unspecified atom stereocenters. The van der Waals surface area contributed by atoms with Gasteiger partial charge >= 0.3 is 0 Å². The van der Waals surface area contributed by atoms with Gasteiger partial charge in [-0.25, -0.2) is 4.99 Å². The first-order chi connectivity index (χ1) is 10.8. The molecule has 5 nitrogen and oxygen atoms in total. The molecule has 4 rings (SSSR count). The number of fused-ring (bicyclic) bond motifs is 1. The second kappa shape index (κ2) is 5.16. The van der Waals surface area contributed by atoms with Gasteiger partial charge in [0.25, 0.3) is 5.91 Å². The molecule has 0 saturated carbocycles. The van der Waals surface area contributed by atoms with Crippen LogP contribution in [0.15, 0.2) is 59.6 Å². The van der Waals surface area contributed by atoms with E-state index in [4.69, 9.17) is 0 Å². The molecule has 1 amide bonds. The molecule has 1 aliphatic rings. The monoisotopic (exact) mass is 306 g/mol. The zero-order valence-corrected chi connectivity index (χ0v) is 12.2. The SMILES string of the molecule is O=C1Nc2ccccc2C1=Nc1nnc(-c2ccccc2)s1. The van der Waals surface area contributed by atoms with Crippen molar-refractivity contribution >= 4 is 33.8 Å². The smallest absolute Gasteiger partial charge is 0.275 e. The summed E-state index contributed by atoms with van der Waals surface area (Å²) in [5, 5.41) is 12.3. The lowest BCUT2D eigenvalue weighted by Crippen LogP contribution is -2.13. The molecule has 1 aromatic heterocycles. The Bertz CT molecular complexity index is 886. The van der Waals surface area contributed by atoms with E-state index in [2.05, 4.69) is 20.5 Å². The molecule has 2 aromatic carbocycles. The highest BCUT2D eigenvalue weighted by molar-refractivity contribution is 7.18. The summed E-state index contributed by atoms with van der Waals surface area (Å²) < 4.78 is 0. The van der Waals surface area contributed by atoms with E-state index in [0.29, 0.717) is 10.8 Å². The van der Waals surface area contributed by atoms with Crippen molar-refractivity contribution in [3.63, 3.8) is 0 Å². The minimum atomic E-state index is -0.210. The van der Waals surface area contributed by atoms with Crippen LogP contribution in [0.5, 0.6) is 0 Å². The standard InChI is InChI=1S/C16H10N4OS/c21-14-13(11-8-4-5-9-12(11)17-14)18-16-20-19-15(22-16)10-6-2-1-3-7-10/h1-9H,(H,17,18,20,21). The molecule has 0 fully saturated rings. The summed E-state index contributed by atoms with van der Waals surface area (Å²) in [6.45, 7) is 0. The van der Waals surface area contributed by atoms with Gasteiger partial charge in [0.05, 0.1) is 5.69 Å². The Morgan fingerprint density at radius 3 is 2.59 bits per heavy atom. The van der Waals surface area contributed by atoms with Crippen LogP contribution < -0.4 is 5.32 Å². The summed E-state index contributed by atoms with van der Waals surface area (Å²) in [7, 11) is 0. The molecule has 0 aliphatic carbocycles. The van der Waals surface area contributed by atoms with Gasteiger partial charge in [-0.05, 0) is 6.07 Å². The number of hydrogen-bond acceptors (Lipinski definition) is 5. The Morgan fingerprint density at radius 2 is 1.73 bits per heavy atom. The lowest BCUT2D eigenvalue weighted by atomic mass is 10.1. The van der Waals surface area contributed by atoms with Gasteiger partial charge in [-0.15, -0.1) is 10.2 Å². The minimum absolute atomic E-state index is 0.210. The van der Waals surface area contributed by atoms with Crippen molar-refractivity contribution in [3.05, 3.63) is 60.2 Å². The van der Waals surface area contributed by atoms with Gasteiger partial charge in [-0.1, -0.05) is 59.9 Å². The van der Waals surface area contributed by atoms with E-state index in [1.165, 1.54) is 11.3 Å². The van der Waals surface area contributed by atoms with Crippen molar-refractivity contribution in [1.29, 1.82) is 0 Å². The minimum Gasteiger partial charge on any atom is -0.320 e. The molecule has 1 N–H and O–H groups in total. The van der Waals surface area contributed by atoms with Crippen molar-refractivity contribution in [2.75, 3.05) is 5.32 Å². The van der Waals surface area contributed by atoms with E-state index in [1.807, 2.05) is 54.6 Å². The quantitative estimate of drug-likeness (QED) is 0.790. The molecular formula is C16H10N4OS. The Morgan fingerprint density at radius 1 is 0.955 bits per heavy atom. The van der Waals surface area contributed by atoms with Gasteiger partial charge in [-0.3, -0.25) is 4.79 Å². The topological polar surface area (TPSA) is 67.2 Å². The Balaban J connectivity index is 1.72. The molecular weight excluding hydrogens is 296 g/mol. The maximum absolute atomic E-state index is 12.0. The average molecular weight is 306 g/mol. The van der Waals surface area contributed by atoms with Gasteiger partial charge in [0.15, 0.2) is 0 Å². The number of nitrogens with zero attached hydrogens (tertiary/aromatic N) is 3. The van der Waals surface area contributed by atoms with E-state index < -0.39 is 0 Å². The van der Waals surface area contributed by atoms with Crippen LogP contribution in [0.3, 0.4) is 0 Å². The number of amides is 1. The number of nitrogens with one attached hydrogen (secondary N) is 1. The van der Waals surface area contributed by atoms with Crippen molar-refractivity contribution in [2.45, 2.75) is 0 Å². The van der Waals surface area contributed by atoms with Crippen LogP contribution in [0.2, 0.25) is 0 Å². The number of aliphatic imine (C=N–C) groups is 1. The molecule has 0 saturated heterocycles. The van der Waals surface area contributed by atoms with Crippen LogP contribution in [0.1, 0.15) is 5.56 Å². The fraction of sp³-hybridized carbons (Fsp3) is 0. The first-order valence-electron chi connectivity index (χ1n) is 6.69. The third-order valence-electron chi connectivity index (χ3n) is 3.29. The molecule has 0 spiro atoms. The molecule has 22 heavy (non-hydrogen) atoms. The lowest BCUT2D eigenvalue weighted by Gasteiger charge is -1.94. The Labute approximate surface area is 130 Å². The summed E-state index contributed by atoms with van der Waals surface area (Å²) in [5.74, 6) is -0.210. The Hall–Kier alpha value is -2.86. The van der Waals surface area contributed by atoms with E-state index >= 15 is 0 Å². The highest BCUT2D eigenvalue weighted by Gasteiger charge is 2.25. The molecule has 0 atom stereocenters. The molecule has 6 heteroatoms. The van der Waals surface area contributed by atoms with Crippen molar-refractivity contribution in [2.24, 2.45) is 4.99 Å². The van der Waals surface area contributed by atoms with Gasteiger partial charge < -0.3 is 5.32 Å². The van der Waals surface area contributed by atoms with Crippen LogP contribution in [0, 0.1) is 0 Å².